The molecule has 1 aliphatic heterocycles. The van der Waals surface area contributed by atoms with E-state index in [2.05, 4.69) is 31.5 Å². The largest absolute Gasteiger partial charge is 0.387 e. The van der Waals surface area contributed by atoms with Crippen LogP contribution in [0.5, 0.6) is 0 Å². The van der Waals surface area contributed by atoms with Crippen molar-refractivity contribution in [2.45, 2.75) is 44.9 Å². The maximum absolute atomic E-state index is 11.3. The molecule has 0 bridgehead atoms. The Morgan fingerprint density at radius 3 is 2.67 bits per heavy atom. The van der Waals surface area contributed by atoms with Crippen molar-refractivity contribution in [2.24, 2.45) is 0 Å². The lowest BCUT2D eigenvalue weighted by molar-refractivity contribution is -0.438. The van der Waals surface area contributed by atoms with E-state index in [1.807, 2.05) is 10.8 Å². The molecule has 1 amide bonds. The van der Waals surface area contributed by atoms with Crippen LogP contribution >= 0.6 is 0 Å². The third-order valence-corrected chi connectivity index (χ3v) is 3.49. The third kappa shape index (κ3) is 4.94. The lowest BCUT2D eigenvalue weighted by Crippen LogP contribution is -2.18. The minimum atomic E-state index is -1.01. The molecule has 0 aromatic carbocycles. The SMILES string of the molecule is C[Si](C)(C)CC#CCC[N+]1=CCCC1=O. The van der Waals surface area contributed by atoms with Crippen molar-refractivity contribution in [3.05, 3.63) is 0 Å². The molecule has 0 radical (unpaired) electrons. The number of rotatable bonds is 3. The summed E-state index contributed by atoms with van der Waals surface area (Å²) in [6, 6.07) is 1.06. The van der Waals surface area contributed by atoms with E-state index in [1.165, 1.54) is 0 Å². The Balaban J connectivity index is 2.24. The van der Waals surface area contributed by atoms with Crippen LogP contribution in [0.2, 0.25) is 25.7 Å². The first-order valence-corrected chi connectivity index (χ1v) is 9.28. The van der Waals surface area contributed by atoms with Gasteiger partial charge in [-0.05, 0) is 0 Å². The highest BCUT2D eigenvalue weighted by atomic mass is 28.3. The molecule has 0 unspecified atom stereocenters. The van der Waals surface area contributed by atoms with Crippen molar-refractivity contribution in [3.63, 3.8) is 0 Å². The Kier molecular flexibility index (Phi) is 4.28. The summed E-state index contributed by atoms with van der Waals surface area (Å²) in [6.07, 6.45) is 4.39. The molecule has 0 saturated heterocycles. The van der Waals surface area contributed by atoms with Crippen LogP contribution in [0.25, 0.3) is 0 Å². The molecule has 1 rings (SSSR count). The molecular formula is C12H20NOSi+. The fourth-order valence-corrected chi connectivity index (χ4v) is 2.05. The molecule has 0 spiro atoms. The average Bonchev–Trinajstić information content (AvgIpc) is 2.49. The molecule has 0 aliphatic carbocycles. The van der Waals surface area contributed by atoms with Crippen LogP contribution in [0.4, 0.5) is 0 Å². The smallest absolute Gasteiger partial charge is 0.220 e. The van der Waals surface area contributed by atoms with Gasteiger partial charge in [0.25, 0.3) is 0 Å². The fourth-order valence-electron chi connectivity index (χ4n) is 1.40. The van der Waals surface area contributed by atoms with Gasteiger partial charge in [-0.3, -0.25) is 0 Å². The van der Waals surface area contributed by atoms with Gasteiger partial charge in [-0.2, -0.15) is 4.58 Å². The minimum absolute atomic E-state index is 0.252. The maximum atomic E-state index is 11.3. The Morgan fingerprint density at radius 2 is 2.13 bits per heavy atom. The van der Waals surface area contributed by atoms with Gasteiger partial charge in [0.1, 0.15) is 6.21 Å². The van der Waals surface area contributed by atoms with Crippen molar-refractivity contribution in [3.8, 4) is 11.8 Å². The predicted molar refractivity (Wildman–Crippen MR) is 66.0 cm³/mol. The van der Waals surface area contributed by atoms with Crippen LogP contribution in [0.1, 0.15) is 19.3 Å². The number of nitrogens with zero attached hydrogens (tertiary/aromatic N) is 1. The van der Waals surface area contributed by atoms with Crippen molar-refractivity contribution in [1.29, 1.82) is 0 Å². The van der Waals surface area contributed by atoms with Crippen LogP contribution in [0.15, 0.2) is 0 Å². The van der Waals surface area contributed by atoms with Crippen molar-refractivity contribution in [1.82, 2.24) is 0 Å². The van der Waals surface area contributed by atoms with Gasteiger partial charge in [0.15, 0.2) is 6.54 Å². The van der Waals surface area contributed by atoms with Gasteiger partial charge in [0, 0.05) is 12.5 Å². The molecule has 15 heavy (non-hydrogen) atoms. The standard InChI is InChI=1S/C12H20NOSi/c1-15(2,3)11-6-4-5-9-13-10-7-8-12(13)14/h10H,5,7-9,11H2,1-3H3/q+1. The summed E-state index contributed by atoms with van der Waals surface area (Å²) in [5.74, 6) is 6.64. The number of hydrogen-bond acceptors (Lipinski definition) is 1. The van der Waals surface area contributed by atoms with Crippen LogP contribution < -0.4 is 0 Å². The van der Waals surface area contributed by atoms with Crippen molar-refractivity contribution in [2.75, 3.05) is 6.54 Å². The predicted octanol–water partition coefficient (Wildman–Crippen LogP) is 2.12. The Hall–Kier alpha value is -0.883. The molecule has 0 aromatic heterocycles. The minimum Gasteiger partial charge on any atom is -0.220 e. The Bertz CT molecular complexity index is 328. The highest BCUT2D eigenvalue weighted by Gasteiger charge is 2.21. The highest BCUT2D eigenvalue weighted by molar-refractivity contribution is 6.76. The average molecular weight is 222 g/mol. The number of carbonyl (C=O) groups is 1. The zero-order valence-corrected chi connectivity index (χ0v) is 11.0. The second-order valence-corrected chi connectivity index (χ2v) is 10.6. The van der Waals surface area contributed by atoms with E-state index in [-0.39, 0.29) is 5.91 Å². The molecule has 0 fully saturated rings. The number of amides is 1. The van der Waals surface area contributed by atoms with Crippen molar-refractivity contribution < 1.29 is 9.37 Å². The molecule has 1 heterocycles. The highest BCUT2D eigenvalue weighted by Crippen LogP contribution is 2.05. The summed E-state index contributed by atoms with van der Waals surface area (Å²) in [5.41, 5.74) is 0. The van der Waals surface area contributed by atoms with Crippen LogP contribution in [0, 0.1) is 11.8 Å². The van der Waals surface area contributed by atoms with Crippen molar-refractivity contribution >= 4 is 20.2 Å². The molecular weight excluding hydrogens is 202 g/mol. The topological polar surface area (TPSA) is 20.1 Å². The Labute approximate surface area is 93.4 Å². The molecule has 0 aromatic rings. The lowest BCUT2D eigenvalue weighted by atomic mass is 10.4. The summed E-state index contributed by atoms with van der Waals surface area (Å²) >= 11 is 0. The van der Waals surface area contributed by atoms with E-state index < -0.39 is 8.07 Å². The second-order valence-electron chi connectivity index (χ2n) is 5.15. The third-order valence-electron chi connectivity index (χ3n) is 2.25. The van der Waals surface area contributed by atoms with Crippen LogP contribution in [-0.2, 0) is 4.79 Å². The van der Waals surface area contributed by atoms with E-state index in [4.69, 9.17) is 0 Å². The molecule has 0 atom stereocenters. The van der Waals surface area contributed by atoms with Gasteiger partial charge in [0.2, 0.25) is 0 Å². The quantitative estimate of drug-likeness (QED) is 0.407. The normalized spacial score (nSPS) is 15.9. The van der Waals surface area contributed by atoms with Gasteiger partial charge < -0.3 is 0 Å². The van der Waals surface area contributed by atoms with Gasteiger partial charge in [-0.1, -0.05) is 25.6 Å². The first-order chi connectivity index (χ1) is 6.99. The zero-order valence-electron chi connectivity index (χ0n) is 9.97. The van der Waals surface area contributed by atoms with Gasteiger partial charge >= 0.3 is 5.91 Å². The number of carbonyl (C=O) groups excluding carboxylic acids is 1. The zero-order chi connectivity index (χ0) is 11.3. The molecule has 3 heteroatoms. The summed E-state index contributed by atoms with van der Waals surface area (Å²) in [7, 11) is -1.01. The first-order valence-electron chi connectivity index (χ1n) is 5.57. The molecule has 0 saturated carbocycles. The maximum Gasteiger partial charge on any atom is 0.387 e. The summed E-state index contributed by atoms with van der Waals surface area (Å²) < 4.78 is 1.81. The molecule has 2 nitrogen and oxygen atoms in total. The summed E-state index contributed by atoms with van der Waals surface area (Å²) in [5, 5.41) is 0. The van der Waals surface area contributed by atoms with E-state index in [9.17, 15) is 4.79 Å². The van der Waals surface area contributed by atoms with Gasteiger partial charge in [-0.25, -0.2) is 4.79 Å². The summed E-state index contributed by atoms with van der Waals surface area (Å²) in [4.78, 5) is 11.3. The lowest BCUT2D eigenvalue weighted by Gasteiger charge is -2.09. The molecule has 0 N–H and O–H groups in total. The molecule has 82 valence electrons. The summed E-state index contributed by atoms with van der Waals surface area (Å²) in [6.45, 7) is 7.73. The monoisotopic (exact) mass is 222 g/mol. The Morgan fingerprint density at radius 1 is 1.40 bits per heavy atom. The fraction of sp³-hybridized carbons (Fsp3) is 0.667. The number of hydrogen-bond donors (Lipinski definition) is 0. The van der Waals surface area contributed by atoms with Crippen LogP contribution in [-0.4, -0.2) is 31.3 Å². The molecule has 1 aliphatic rings. The van der Waals surface area contributed by atoms with E-state index in [0.29, 0.717) is 6.42 Å². The van der Waals surface area contributed by atoms with E-state index in [0.717, 1.165) is 25.4 Å². The van der Waals surface area contributed by atoms with E-state index in [1.54, 1.807) is 0 Å². The van der Waals surface area contributed by atoms with Crippen LogP contribution in [0.3, 0.4) is 0 Å². The van der Waals surface area contributed by atoms with Gasteiger partial charge in [0.05, 0.1) is 20.9 Å². The second kappa shape index (κ2) is 5.27. The van der Waals surface area contributed by atoms with Gasteiger partial charge in [-0.15, -0.1) is 5.92 Å². The van der Waals surface area contributed by atoms with E-state index >= 15 is 0 Å². The first kappa shape index (κ1) is 12.2.